The fourth-order valence-corrected chi connectivity index (χ4v) is 4.74. The monoisotopic (exact) mass is 588 g/mol. The number of aryl methyl sites for hydroxylation is 1. The quantitative estimate of drug-likeness (QED) is 0.128. The number of alkyl halides is 6. The molecule has 0 unspecified atom stereocenters. The molecule has 5 nitrogen and oxygen atoms in total. The van der Waals surface area contributed by atoms with Crippen LogP contribution in [-0.4, -0.2) is 36.5 Å². The third kappa shape index (κ3) is 7.74. The minimum Gasteiger partial charge on any atom is -0.494 e. The lowest BCUT2D eigenvalue weighted by Crippen LogP contribution is -2.59. The van der Waals surface area contributed by atoms with Gasteiger partial charge in [-0.25, -0.2) is 0 Å². The Balaban J connectivity index is 1.89. The Morgan fingerprint density at radius 1 is 1.00 bits per heavy atom. The molecule has 0 spiro atoms. The molecular weight excluding hydrogens is 558 g/mol. The molecule has 2 aromatic rings. The third-order valence-corrected chi connectivity index (χ3v) is 7.06. The van der Waals surface area contributed by atoms with Crippen molar-refractivity contribution >= 4 is 29.3 Å². The number of hydrogen-bond acceptors (Lipinski definition) is 4. The number of hydrogen-bond donors (Lipinski definition) is 2. The van der Waals surface area contributed by atoms with E-state index in [0.717, 1.165) is 17.5 Å². The number of amides is 2. The molecule has 0 saturated carbocycles. The summed E-state index contributed by atoms with van der Waals surface area (Å²) in [6.45, 7) is 3.69. The van der Waals surface area contributed by atoms with Crippen LogP contribution < -0.4 is 14.8 Å². The van der Waals surface area contributed by atoms with Gasteiger partial charge in [0.2, 0.25) is 0 Å². The summed E-state index contributed by atoms with van der Waals surface area (Å²) < 4.78 is 89.1. The van der Waals surface area contributed by atoms with Crippen molar-refractivity contribution in [2.45, 2.75) is 63.8 Å². The van der Waals surface area contributed by atoms with Crippen LogP contribution in [0.15, 0.2) is 54.1 Å². The minimum absolute atomic E-state index is 0.0329. The van der Waals surface area contributed by atoms with Crippen LogP contribution in [0.3, 0.4) is 0 Å². The molecule has 0 saturated heterocycles. The summed E-state index contributed by atoms with van der Waals surface area (Å²) in [7, 11) is 0. The van der Waals surface area contributed by atoms with E-state index in [1.807, 2.05) is 6.92 Å². The van der Waals surface area contributed by atoms with Gasteiger partial charge in [0, 0.05) is 18.6 Å². The van der Waals surface area contributed by atoms with Crippen LogP contribution in [0.5, 0.6) is 5.75 Å². The molecule has 0 fully saturated rings. The number of unbranched alkanes of at least 4 members (excludes halogenated alkanes) is 2. The first-order chi connectivity index (χ1) is 18.8. The third-order valence-electron chi connectivity index (χ3n) is 6.44. The summed E-state index contributed by atoms with van der Waals surface area (Å²) in [5.74, 6) is -1.19. The molecule has 0 aromatic heterocycles. The lowest BCUT2D eigenvalue weighted by atomic mass is 9.76. The molecular formula is C28H30F6N2O3S. The maximum absolute atomic E-state index is 14.8. The van der Waals surface area contributed by atoms with Gasteiger partial charge in [-0.15, -0.1) is 0 Å². The van der Waals surface area contributed by atoms with E-state index >= 15 is 0 Å². The molecule has 1 aliphatic heterocycles. The molecule has 2 aromatic carbocycles. The second-order valence-electron chi connectivity index (χ2n) is 9.42. The Morgan fingerprint density at radius 3 is 2.23 bits per heavy atom. The van der Waals surface area contributed by atoms with Gasteiger partial charge in [-0.1, -0.05) is 60.8 Å². The first-order valence-electron chi connectivity index (χ1n) is 12.7. The highest BCUT2D eigenvalue weighted by Gasteiger charge is 2.60. The van der Waals surface area contributed by atoms with Gasteiger partial charge >= 0.3 is 12.4 Å². The van der Waals surface area contributed by atoms with E-state index in [9.17, 15) is 35.9 Å². The lowest BCUT2D eigenvalue weighted by molar-refractivity contribution is -0.201. The number of rotatable bonds is 11. The van der Waals surface area contributed by atoms with E-state index in [4.69, 9.17) is 4.74 Å². The smallest absolute Gasteiger partial charge is 0.416 e. The second-order valence-corrected chi connectivity index (χ2v) is 10.5. The van der Waals surface area contributed by atoms with Crippen molar-refractivity contribution in [1.29, 1.82) is 0 Å². The molecule has 40 heavy (non-hydrogen) atoms. The molecule has 1 atom stereocenters. The highest BCUT2D eigenvalue weighted by Crippen LogP contribution is 2.48. The summed E-state index contributed by atoms with van der Waals surface area (Å²) in [5.41, 5.74) is -2.30. The van der Waals surface area contributed by atoms with Crippen LogP contribution in [0, 0.1) is 6.92 Å². The molecule has 218 valence electrons. The van der Waals surface area contributed by atoms with Crippen LogP contribution in [0.1, 0.15) is 55.7 Å². The molecule has 2 amide bonds. The van der Waals surface area contributed by atoms with Gasteiger partial charge in [-0.3, -0.25) is 14.3 Å². The van der Waals surface area contributed by atoms with Gasteiger partial charge < -0.3 is 10.1 Å². The lowest BCUT2D eigenvalue weighted by Gasteiger charge is -2.41. The summed E-state index contributed by atoms with van der Waals surface area (Å²) in [5, 5.41) is 2.08. The number of carbonyl (C=O) groups excluding carboxylic acids is 2. The predicted molar refractivity (Wildman–Crippen MR) is 141 cm³/mol. The molecule has 0 aliphatic carbocycles. The zero-order chi connectivity index (χ0) is 29.6. The summed E-state index contributed by atoms with van der Waals surface area (Å²) in [4.78, 5) is 26.1. The number of halogens is 6. The van der Waals surface area contributed by atoms with Gasteiger partial charge in [-0.05, 0) is 55.0 Å². The number of carbonyl (C=O) groups is 2. The fourth-order valence-electron chi connectivity index (χ4n) is 4.36. The van der Waals surface area contributed by atoms with Gasteiger partial charge in [0.25, 0.3) is 11.8 Å². The molecule has 0 bridgehead atoms. The standard InChI is InChI=1S/C28H30F6N2O3S/c1-3-40-36-25(38)23-22(19-9-7-18(2)8-10-19)17-26(28(32,33)34,35-24(23)37)20-11-13-21(14-12-20)39-16-6-4-5-15-27(29,30)31/h7-14H,3-6,15-17H2,1-2H3,(H,35,37)(H,36,38)/t26-/m0/s1. The second kappa shape index (κ2) is 13.0. The van der Waals surface area contributed by atoms with Crippen molar-refractivity contribution in [2.24, 2.45) is 0 Å². The van der Waals surface area contributed by atoms with Gasteiger partial charge in [0.05, 0.1) is 6.61 Å². The zero-order valence-corrected chi connectivity index (χ0v) is 22.8. The normalized spacial score (nSPS) is 17.9. The number of ether oxygens (including phenoxy) is 1. The fraction of sp³-hybridized carbons (Fsp3) is 0.429. The summed E-state index contributed by atoms with van der Waals surface area (Å²) >= 11 is 1.03. The number of benzene rings is 2. The molecule has 1 heterocycles. The van der Waals surface area contributed by atoms with Gasteiger partial charge in [0.15, 0.2) is 5.54 Å². The Morgan fingerprint density at radius 2 is 1.65 bits per heavy atom. The van der Waals surface area contributed by atoms with Crippen LogP contribution >= 0.6 is 11.9 Å². The molecule has 0 radical (unpaired) electrons. The molecule has 12 heteroatoms. The average molecular weight is 589 g/mol. The summed E-state index contributed by atoms with van der Waals surface area (Å²) in [6.07, 6.45) is -10.1. The molecule has 2 N–H and O–H groups in total. The summed E-state index contributed by atoms with van der Waals surface area (Å²) in [6, 6.07) is 11.6. The van der Waals surface area contributed by atoms with Crippen LogP contribution in [0.4, 0.5) is 26.3 Å². The van der Waals surface area contributed by atoms with Crippen molar-refractivity contribution in [3.05, 3.63) is 70.8 Å². The Hall–Kier alpha value is -3.15. The highest BCUT2D eigenvalue weighted by atomic mass is 32.2. The minimum atomic E-state index is -4.93. The van der Waals surface area contributed by atoms with Crippen LogP contribution in [0.25, 0.3) is 5.57 Å². The zero-order valence-electron chi connectivity index (χ0n) is 22.0. The first-order valence-corrected chi connectivity index (χ1v) is 13.7. The molecule has 1 aliphatic rings. The van der Waals surface area contributed by atoms with E-state index in [-0.39, 0.29) is 35.5 Å². The molecule has 3 rings (SSSR count). The van der Waals surface area contributed by atoms with Crippen molar-refractivity contribution in [3.8, 4) is 5.75 Å². The largest absolute Gasteiger partial charge is 0.494 e. The SMILES string of the molecule is CCSNC(=O)C1=C(c2ccc(C)cc2)C[C@](c2ccc(OCCCCCC(F)(F)F)cc2)(C(F)(F)F)NC1=O. The number of nitrogens with one attached hydrogen (secondary N) is 2. The van der Waals surface area contributed by atoms with E-state index in [0.29, 0.717) is 24.2 Å². The average Bonchev–Trinajstić information content (AvgIpc) is 2.88. The van der Waals surface area contributed by atoms with Crippen molar-refractivity contribution < 1.29 is 40.7 Å². The first kappa shape index (κ1) is 31.4. The van der Waals surface area contributed by atoms with Gasteiger partial charge in [-0.2, -0.15) is 26.3 Å². The Kier molecular flexibility index (Phi) is 10.2. The Labute approximate surface area is 232 Å². The topological polar surface area (TPSA) is 67.4 Å². The van der Waals surface area contributed by atoms with Crippen LogP contribution in [-0.2, 0) is 15.1 Å². The van der Waals surface area contributed by atoms with Crippen molar-refractivity contribution in [1.82, 2.24) is 10.0 Å². The van der Waals surface area contributed by atoms with E-state index < -0.39 is 42.5 Å². The maximum atomic E-state index is 14.8. The van der Waals surface area contributed by atoms with Crippen LogP contribution in [0.2, 0.25) is 0 Å². The van der Waals surface area contributed by atoms with Gasteiger partial charge in [0.1, 0.15) is 11.3 Å². The van der Waals surface area contributed by atoms with Crippen molar-refractivity contribution in [3.63, 3.8) is 0 Å². The Bertz CT molecular complexity index is 1210. The predicted octanol–water partition coefficient (Wildman–Crippen LogP) is 7.01. The van der Waals surface area contributed by atoms with Crippen molar-refractivity contribution in [2.75, 3.05) is 12.4 Å². The van der Waals surface area contributed by atoms with E-state index in [2.05, 4.69) is 10.0 Å². The highest BCUT2D eigenvalue weighted by molar-refractivity contribution is 7.97. The van der Waals surface area contributed by atoms with E-state index in [1.165, 1.54) is 24.3 Å². The maximum Gasteiger partial charge on any atom is 0.416 e. The van der Waals surface area contributed by atoms with E-state index in [1.54, 1.807) is 31.2 Å².